The Bertz CT molecular complexity index is 528. The van der Waals surface area contributed by atoms with Gasteiger partial charge in [0.25, 0.3) is 0 Å². The quantitative estimate of drug-likeness (QED) is 0.874. The van der Waals surface area contributed by atoms with E-state index in [-0.39, 0.29) is 5.91 Å². The third kappa shape index (κ3) is 4.09. The van der Waals surface area contributed by atoms with Crippen LogP contribution in [0.4, 0.5) is 5.69 Å². The van der Waals surface area contributed by atoms with Gasteiger partial charge >= 0.3 is 0 Å². The molecule has 0 unspecified atom stereocenters. The second-order valence-corrected chi connectivity index (χ2v) is 4.45. The molecule has 1 heterocycles. The molecule has 4 nitrogen and oxygen atoms in total. The number of nitrogens with one attached hydrogen (secondary N) is 1. The third-order valence-corrected chi connectivity index (χ3v) is 3.03. The minimum Gasteiger partial charge on any atom is -0.363 e. The number of carbonyl (C=O) groups excluding carboxylic acids is 1. The summed E-state index contributed by atoms with van der Waals surface area (Å²) in [6.45, 7) is 3.65. The fraction of sp³-hybridized carbons (Fsp3) is 0.250. The van der Waals surface area contributed by atoms with Crippen molar-refractivity contribution in [3.8, 4) is 0 Å². The molecule has 1 amide bonds. The molecule has 4 heteroatoms. The molecule has 2 aromatic rings. The number of aromatic nitrogens is 1. The summed E-state index contributed by atoms with van der Waals surface area (Å²) in [6, 6.07) is 15.6. The second-order valence-electron chi connectivity index (χ2n) is 4.45. The van der Waals surface area contributed by atoms with Crippen LogP contribution in [0, 0.1) is 0 Å². The summed E-state index contributed by atoms with van der Waals surface area (Å²) in [5.74, 6) is 0.00126. The van der Waals surface area contributed by atoms with Gasteiger partial charge in [0.1, 0.15) is 0 Å². The van der Waals surface area contributed by atoms with E-state index in [2.05, 4.69) is 10.3 Å². The molecule has 104 valence electrons. The van der Waals surface area contributed by atoms with Gasteiger partial charge in [-0.05, 0) is 31.2 Å². The highest BCUT2D eigenvalue weighted by molar-refractivity contribution is 5.81. The zero-order valence-corrected chi connectivity index (χ0v) is 11.6. The van der Waals surface area contributed by atoms with Gasteiger partial charge in [-0.3, -0.25) is 9.78 Å². The molecule has 0 saturated heterocycles. The number of carbonyl (C=O) groups is 1. The molecule has 0 fully saturated rings. The molecule has 1 N–H and O–H groups in total. The zero-order valence-electron chi connectivity index (χ0n) is 11.6. The molecule has 1 aromatic heterocycles. The van der Waals surface area contributed by atoms with E-state index in [1.54, 1.807) is 6.20 Å². The van der Waals surface area contributed by atoms with Crippen molar-refractivity contribution in [3.63, 3.8) is 0 Å². The summed E-state index contributed by atoms with van der Waals surface area (Å²) in [5, 5.41) is 2.89. The molecule has 0 bridgehead atoms. The van der Waals surface area contributed by atoms with Crippen molar-refractivity contribution in [1.29, 1.82) is 0 Å². The van der Waals surface area contributed by atoms with E-state index in [4.69, 9.17) is 0 Å². The number of pyridine rings is 1. The fourth-order valence-corrected chi connectivity index (χ4v) is 1.95. The van der Waals surface area contributed by atoms with Crippen LogP contribution in [0.1, 0.15) is 12.6 Å². The van der Waals surface area contributed by atoms with Gasteiger partial charge in [-0.25, -0.2) is 0 Å². The fourth-order valence-electron chi connectivity index (χ4n) is 1.95. The number of para-hydroxylation sites is 1. The first-order chi connectivity index (χ1) is 9.79. The summed E-state index contributed by atoms with van der Waals surface area (Å²) in [6.07, 6.45) is 1.73. The lowest BCUT2D eigenvalue weighted by Gasteiger charge is -2.22. The molecule has 0 saturated carbocycles. The highest BCUT2D eigenvalue weighted by Gasteiger charge is 2.09. The number of rotatable bonds is 6. The minimum atomic E-state index is 0.00126. The number of nitrogens with zero attached hydrogens (tertiary/aromatic N) is 2. The highest BCUT2D eigenvalue weighted by atomic mass is 16.2. The van der Waals surface area contributed by atoms with Crippen molar-refractivity contribution in [2.75, 3.05) is 18.0 Å². The predicted molar refractivity (Wildman–Crippen MR) is 80.4 cm³/mol. The first kappa shape index (κ1) is 14.1. The van der Waals surface area contributed by atoms with E-state index in [1.165, 1.54) is 0 Å². The van der Waals surface area contributed by atoms with Crippen molar-refractivity contribution in [2.45, 2.75) is 13.5 Å². The van der Waals surface area contributed by atoms with Gasteiger partial charge in [0.15, 0.2) is 0 Å². The molecule has 1 aromatic carbocycles. The Hall–Kier alpha value is -2.36. The molecule has 2 rings (SSSR count). The van der Waals surface area contributed by atoms with Crippen molar-refractivity contribution >= 4 is 11.6 Å². The first-order valence-electron chi connectivity index (χ1n) is 6.76. The van der Waals surface area contributed by atoms with Gasteiger partial charge in [-0.15, -0.1) is 0 Å². The molecule has 0 aliphatic carbocycles. The minimum absolute atomic E-state index is 0.00126. The van der Waals surface area contributed by atoms with E-state index in [9.17, 15) is 4.79 Å². The number of benzene rings is 1. The number of hydrogen-bond acceptors (Lipinski definition) is 3. The predicted octanol–water partition coefficient (Wildman–Crippen LogP) is 2.22. The van der Waals surface area contributed by atoms with E-state index < -0.39 is 0 Å². The van der Waals surface area contributed by atoms with E-state index in [1.807, 2.05) is 60.4 Å². The van der Waals surface area contributed by atoms with Crippen LogP contribution in [0.3, 0.4) is 0 Å². The number of amides is 1. The van der Waals surface area contributed by atoms with Crippen molar-refractivity contribution in [3.05, 3.63) is 60.4 Å². The van der Waals surface area contributed by atoms with Crippen molar-refractivity contribution in [1.82, 2.24) is 10.3 Å². The third-order valence-electron chi connectivity index (χ3n) is 3.03. The monoisotopic (exact) mass is 269 g/mol. The molecular formula is C16H19N3O. The lowest BCUT2D eigenvalue weighted by atomic mass is 10.3. The van der Waals surface area contributed by atoms with E-state index in [0.717, 1.165) is 17.9 Å². The molecule has 0 aliphatic rings. The molecular weight excluding hydrogens is 250 g/mol. The van der Waals surface area contributed by atoms with E-state index >= 15 is 0 Å². The van der Waals surface area contributed by atoms with E-state index in [0.29, 0.717) is 13.1 Å². The van der Waals surface area contributed by atoms with Gasteiger partial charge in [-0.1, -0.05) is 24.3 Å². The average Bonchev–Trinajstić information content (AvgIpc) is 2.52. The summed E-state index contributed by atoms with van der Waals surface area (Å²) < 4.78 is 0. The van der Waals surface area contributed by atoms with Crippen LogP contribution in [0.5, 0.6) is 0 Å². The van der Waals surface area contributed by atoms with Crippen LogP contribution in [0.2, 0.25) is 0 Å². The van der Waals surface area contributed by atoms with Gasteiger partial charge in [0.2, 0.25) is 5.91 Å². The van der Waals surface area contributed by atoms with Crippen molar-refractivity contribution < 1.29 is 4.79 Å². The maximum Gasteiger partial charge on any atom is 0.239 e. The first-order valence-corrected chi connectivity index (χ1v) is 6.76. The maximum atomic E-state index is 12.0. The Morgan fingerprint density at radius 3 is 2.55 bits per heavy atom. The van der Waals surface area contributed by atoms with Crippen molar-refractivity contribution in [2.24, 2.45) is 0 Å². The van der Waals surface area contributed by atoms with Gasteiger partial charge in [0, 0.05) is 18.4 Å². The smallest absolute Gasteiger partial charge is 0.239 e. The summed E-state index contributed by atoms with van der Waals surface area (Å²) >= 11 is 0. The Balaban J connectivity index is 1.87. The Kier molecular flexibility index (Phi) is 5.12. The molecule has 20 heavy (non-hydrogen) atoms. The Labute approximate surface area is 119 Å². The van der Waals surface area contributed by atoms with Gasteiger partial charge in [0.05, 0.1) is 18.8 Å². The Morgan fingerprint density at radius 1 is 1.15 bits per heavy atom. The standard InChI is InChI=1S/C16H19N3O/c1-2-19(15-9-4-3-5-10-15)13-16(20)18-12-14-8-6-7-11-17-14/h3-11H,2,12-13H2,1H3,(H,18,20). The van der Waals surface area contributed by atoms with Gasteiger partial charge < -0.3 is 10.2 Å². The number of anilines is 1. The average molecular weight is 269 g/mol. The SMILES string of the molecule is CCN(CC(=O)NCc1ccccn1)c1ccccc1. The van der Waals surface area contributed by atoms with Crippen LogP contribution >= 0.6 is 0 Å². The Morgan fingerprint density at radius 2 is 1.90 bits per heavy atom. The summed E-state index contributed by atoms with van der Waals surface area (Å²) in [5.41, 5.74) is 1.92. The van der Waals surface area contributed by atoms with Crippen LogP contribution in [0.25, 0.3) is 0 Å². The van der Waals surface area contributed by atoms with Gasteiger partial charge in [-0.2, -0.15) is 0 Å². The largest absolute Gasteiger partial charge is 0.363 e. The maximum absolute atomic E-state index is 12.0. The number of likely N-dealkylation sites (N-methyl/N-ethyl adjacent to an activating group) is 1. The van der Waals surface area contributed by atoms with Crippen LogP contribution in [-0.4, -0.2) is 24.0 Å². The lowest BCUT2D eigenvalue weighted by molar-refractivity contribution is -0.119. The molecule has 0 aliphatic heterocycles. The molecule has 0 radical (unpaired) electrons. The van der Waals surface area contributed by atoms with Crippen LogP contribution < -0.4 is 10.2 Å². The highest BCUT2D eigenvalue weighted by Crippen LogP contribution is 2.11. The normalized spacial score (nSPS) is 10.1. The zero-order chi connectivity index (χ0) is 14.2. The second kappa shape index (κ2) is 7.28. The lowest BCUT2D eigenvalue weighted by Crippen LogP contribution is -2.37. The summed E-state index contributed by atoms with van der Waals surface area (Å²) in [4.78, 5) is 18.2. The van der Waals surface area contributed by atoms with Crippen LogP contribution in [0.15, 0.2) is 54.7 Å². The topological polar surface area (TPSA) is 45.2 Å². The van der Waals surface area contributed by atoms with Crippen LogP contribution in [-0.2, 0) is 11.3 Å². The molecule has 0 spiro atoms. The number of hydrogen-bond donors (Lipinski definition) is 1. The molecule has 0 atom stereocenters. The summed E-state index contributed by atoms with van der Waals surface area (Å²) in [7, 11) is 0.